The molecular formula is C27H41N3O4. The lowest BCUT2D eigenvalue weighted by atomic mass is 9.94. The Hall–Kier alpha value is -2.83. The number of urea groups is 1. The molecule has 0 aliphatic carbocycles. The molecule has 2 rings (SSSR count). The second-order valence-electron chi connectivity index (χ2n) is 8.92. The van der Waals surface area contributed by atoms with Gasteiger partial charge in [0.15, 0.2) is 0 Å². The minimum absolute atomic E-state index is 0.0240. The number of allylic oxidation sites excluding steroid dienone is 1. The second kappa shape index (κ2) is 14.4. The number of carbonyl (C=O) groups excluding carboxylic acids is 3. The molecule has 3 amide bonds. The van der Waals surface area contributed by atoms with Crippen LogP contribution >= 0.6 is 0 Å². The first-order valence-corrected chi connectivity index (χ1v) is 12.7. The number of carbonyl (C=O) groups is 3. The number of esters is 1. The van der Waals surface area contributed by atoms with E-state index in [1.165, 1.54) is 39.2 Å². The molecule has 1 atom stereocenters. The van der Waals surface area contributed by atoms with E-state index in [0.717, 1.165) is 31.2 Å². The highest BCUT2D eigenvalue weighted by atomic mass is 16.5. The Morgan fingerprint density at radius 2 is 1.71 bits per heavy atom. The maximum atomic E-state index is 12.8. The van der Waals surface area contributed by atoms with Gasteiger partial charge in [0, 0.05) is 24.4 Å². The predicted molar refractivity (Wildman–Crippen MR) is 135 cm³/mol. The van der Waals surface area contributed by atoms with Crippen molar-refractivity contribution in [1.29, 1.82) is 0 Å². The van der Waals surface area contributed by atoms with Gasteiger partial charge in [-0.1, -0.05) is 70.9 Å². The van der Waals surface area contributed by atoms with Crippen molar-refractivity contribution in [3.05, 3.63) is 41.1 Å². The summed E-state index contributed by atoms with van der Waals surface area (Å²) in [6.45, 7) is 6.58. The molecule has 0 aromatic heterocycles. The van der Waals surface area contributed by atoms with Gasteiger partial charge in [-0.05, 0) is 37.5 Å². The molecule has 1 heterocycles. The van der Waals surface area contributed by atoms with E-state index in [1.54, 1.807) is 11.8 Å². The number of hydrogen-bond donors (Lipinski definition) is 2. The molecule has 0 saturated carbocycles. The third-order valence-corrected chi connectivity index (χ3v) is 6.25. The number of unbranched alkanes of at least 4 members (excludes halogenated alkanes) is 7. The largest absolute Gasteiger partial charge is 0.466 e. The maximum absolute atomic E-state index is 12.8. The van der Waals surface area contributed by atoms with Crippen LogP contribution in [0.5, 0.6) is 0 Å². The van der Waals surface area contributed by atoms with Crippen molar-refractivity contribution in [2.24, 2.45) is 0 Å². The smallest absolute Gasteiger partial charge is 0.337 e. The molecule has 0 fully saturated rings. The van der Waals surface area contributed by atoms with Gasteiger partial charge in [-0.2, -0.15) is 0 Å². The van der Waals surface area contributed by atoms with Gasteiger partial charge in [0.05, 0.1) is 18.7 Å². The molecule has 0 radical (unpaired) electrons. The molecule has 2 N–H and O–H groups in total. The van der Waals surface area contributed by atoms with E-state index in [4.69, 9.17) is 4.74 Å². The van der Waals surface area contributed by atoms with Crippen LogP contribution in [0.2, 0.25) is 0 Å². The average Bonchev–Trinajstić information content (AvgIpc) is 2.82. The van der Waals surface area contributed by atoms with Crippen molar-refractivity contribution < 1.29 is 19.1 Å². The number of benzene rings is 1. The van der Waals surface area contributed by atoms with Gasteiger partial charge in [-0.25, -0.2) is 9.59 Å². The summed E-state index contributed by atoms with van der Waals surface area (Å²) in [4.78, 5) is 39.5. The molecule has 7 heteroatoms. The Morgan fingerprint density at radius 1 is 1.03 bits per heavy atom. The Morgan fingerprint density at radius 3 is 2.38 bits per heavy atom. The van der Waals surface area contributed by atoms with Crippen LogP contribution in [-0.4, -0.2) is 36.5 Å². The zero-order valence-electron chi connectivity index (χ0n) is 21.2. The maximum Gasteiger partial charge on any atom is 0.337 e. The third-order valence-electron chi connectivity index (χ3n) is 6.25. The van der Waals surface area contributed by atoms with Gasteiger partial charge in [-0.3, -0.25) is 9.69 Å². The Balaban J connectivity index is 2.08. The molecule has 0 saturated heterocycles. The first-order valence-electron chi connectivity index (χ1n) is 12.7. The fourth-order valence-corrected chi connectivity index (χ4v) is 4.25. The Bertz CT molecular complexity index is 865. The van der Waals surface area contributed by atoms with E-state index in [2.05, 4.69) is 24.5 Å². The second-order valence-corrected chi connectivity index (χ2v) is 8.92. The lowest BCUT2D eigenvalue weighted by Gasteiger charge is -2.35. The molecule has 7 nitrogen and oxygen atoms in total. The molecule has 1 aliphatic rings. The fourth-order valence-electron chi connectivity index (χ4n) is 4.25. The number of nitrogens with one attached hydrogen (secondary N) is 2. The first-order chi connectivity index (χ1) is 16.4. The first kappa shape index (κ1) is 27.4. The molecule has 0 unspecified atom stereocenters. The normalized spacial score (nSPS) is 15.8. The van der Waals surface area contributed by atoms with E-state index in [9.17, 15) is 14.4 Å². The SMILES string of the molecule is CCCCCCCCCC(=O)Nc1cccc([C@H]2NC(=O)N(CCCC)C(C)=C2C(=O)OC)c1. The molecule has 34 heavy (non-hydrogen) atoms. The summed E-state index contributed by atoms with van der Waals surface area (Å²) in [7, 11) is 1.34. The lowest BCUT2D eigenvalue weighted by Crippen LogP contribution is -2.48. The molecule has 0 spiro atoms. The van der Waals surface area contributed by atoms with Gasteiger partial charge in [0.2, 0.25) is 5.91 Å². The average molecular weight is 472 g/mol. The van der Waals surface area contributed by atoms with E-state index in [0.29, 0.717) is 29.9 Å². The van der Waals surface area contributed by atoms with Crippen LogP contribution in [0.1, 0.15) is 96.6 Å². The minimum atomic E-state index is -0.641. The summed E-state index contributed by atoms with van der Waals surface area (Å²) in [6.07, 6.45) is 10.4. The number of methoxy groups -OCH3 is 1. The molecule has 188 valence electrons. The van der Waals surface area contributed by atoms with Crippen LogP contribution < -0.4 is 10.6 Å². The molecule has 1 aromatic carbocycles. The van der Waals surface area contributed by atoms with E-state index in [1.807, 2.05) is 24.3 Å². The summed E-state index contributed by atoms with van der Waals surface area (Å²) in [5.41, 5.74) is 2.37. The van der Waals surface area contributed by atoms with Gasteiger partial charge in [0.25, 0.3) is 0 Å². The number of hydrogen-bond acceptors (Lipinski definition) is 4. The van der Waals surface area contributed by atoms with Gasteiger partial charge >= 0.3 is 12.0 Å². The zero-order chi connectivity index (χ0) is 24.9. The van der Waals surface area contributed by atoms with Gasteiger partial charge in [0.1, 0.15) is 0 Å². The Kier molecular flexibility index (Phi) is 11.6. The van der Waals surface area contributed by atoms with Gasteiger partial charge < -0.3 is 15.4 Å². The number of rotatable bonds is 14. The monoisotopic (exact) mass is 471 g/mol. The van der Waals surface area contributed by atoms with Crippen LogP contribution in [0.3, 0.4) is 0 Å². The highest BCUT2D eigenvalue weighted by Crippen LogP contribution is 2.32. The predicted octanol–water partition coefficient (Wildman–Crippen LogP) is 6.08. The lowest BCUT2D eigenvalue weighted by molar-refractivity contribution is -0.136. The van der Waals surface area contributed by atoms with Crippen LogP contribution in [0.4, 0.5) is 10.5 Å². The van der Waals surface area contributed by atoms with Crippen molar-refractivity contribution in [3.63, 3.8) is 0 Å². The highest BCUT2D eigenvalue weighted by molar-refractivity contribution is 5.95. The van der Waals surface area contributed by atoms with Crippen molar-refractivity contribution in [1.82, 2.24) is 10.2 Å². The number of nitrogens with zero attached hydrogens (tertiary/aromatic N) is 1. The molecule has 1 aromatic rings. The number of anilines is 1. The van der Waals surface area contributed by atoms with E-state index in [-0.39, 0.29) is 11.9 Å². The highest BCUT2D eigenvalue weighted by Gasteiger charge is 2.36. The number of amides is 3. The quantitative estimate of drug-likeness (QED) is 0.254. The molecule has 1 aliphatic heterocycles. The van der Waals surface area contributed by atoms with E-state index >= 15 is 0 Å². The zero-order valence-corrected chi connectivity index (χ0v) is 21.2. The standard InChI is InChI=1S/C27H41N3O4/c1-5-7-9-10-11-12-13-17-23(31)28-22-16-14-15-21(19-22)25-24(26(32)34-4)20(3)30(18-8-6-2)27(33)29-25/h14-16,19,25H,5-13,17-18H2,1-4H3,(H,28,31)(H,29,33)/t25-/m1/s1. The summed E-state index contributed by atoms with van der Waals surface area (Å²) in [5.74, 6) is -0.499. The van der Waals surface area contributed by atoms with Crippen molar-refractivity contribution in [2.75, 3.05) is 19.0 Å². The van der Waals surface area contributed by atoms with Crippen molar-refractivity contribution >= 4 is 23.6 Å². The third kappa shape index (κ3) is 7.89. The fraction of sp³-hybridized carbons (Fsp3) is 0.593. The topological polar surface area (TPSA) is 87.7 Å². The Labute approximate surface area is 204 Å². The van der Waals surface area contributed by atoms with E-state index < -0.39 is 12.0 Å². The van der Waals surface area contributed by atoms with Crippen LogP contribution in [0.25, 0.3) is 0 Å². The van der Waals surface area contributed by atoms with Crippen LogP contribution in [0.15, 0.2) is 35.5 Å². The number of ether oxygens (including phenoxy) is 1. The summed E-state index contributed by atoms with van der Waals surface area (Å²) in [5, 5.41) is 5.90. The van der Waals surface area contributed by atoms with Crippen molar-refractivity contribution in [3.8, 4) is 0 Å². The molecule has 0 bridgehead atoms. The summed E-state index contributed by atoms with van der Waals surface area (Å²) >= 11 is 0. The molecular weight excluding hydrogens is 430 g/mol. The summed E-state index contributed by atoms with van der Waals surface area (Å²) < 4.78 is 5.04. The van der Waals surface area contributed by atoms with Crippen LogP contribution in [-0.2, 0) is 14.3 Å². The van der Waals surface area contributed by atoms with Crippen molar-refractivity contribution in [2.45, 2.75) is 91.0 Å². The van der Waals surface area contributed by atoms with Gasteiger partial charge in [-0.15, -0.1) is 0 Å². The summed E-state index contributed by atoms with van der Waals surface area (Å²) in [6, 6.07) is 6.41. The minimum Gasteiger partial charge on any atom is -0.466 e. The van der Waals surface area contributed by atoms with Crippen LogP contribution in [0, 0.1) is 0 Å².